The molecule has 2 aromatic carbocycles. The first-order valence-corrected chi connectivity index (χ1v) is 9.13. The lowest BCUT2D eigenvalue weighted by atomic mass is 10.1. The molecular weight excluding hydrogens is 483 g/mol. The third kappa shape index (κ3) is 7.45. The average molecular weight is 512 g/mol. The van der Waals surface area contributed by atoms with Gasteiger partial charge in [-0.1, -0.05) is 18.2 Å². The number of amides is 1. The van der Waals surface area contributed by atoms with E-state index in [1.54, 1.807) is 21.3 Å². The molecule has 0 unspecified atom stereocenters. The molecule has 0 fully saturated rings. The number of nitrogens with one attached hydrogen (secondary N) is 3. The number of methoxy groups -OCH3 is 2. The maximum atomic E-state index is 11.8. The summed E-state index contributed by atoms with van der Waals surface area (Å²) in [6.45, 7) is 3.71. The van der Waals surface area contributed by atoms with Crippen LogP contribution in [0, 0.1) is 0 Å². The summed E-state index contributed by atoms with van der Waals surface area (Å²) >= 11 is 0. The summed E-state index contributed by atoms with van der Waals surface area (Å²) < 4.78 is 10.6. The molecule has 158 valence electrons. The molecule has 7 nitrogen and oxygen atoms in total. The molecule has 0 atom stereocenters. The molecule has 8 heteroatoms. The van der Waals surface area contributed by atoms with E-state index in [1.807, 2.05) is 49.4 Å². The summed E-state index contributed by atoms with van der Waals surface area (Å²) in [7, 11) is 4.96. The van der Waals surface area contributed by atoms with Gasteiger partial charge in [0.1, 0.15) is 0 Å². The van der Waals surface area contributed by atoms with Gasteiger partial charge in [0.05, 0.1) is 14.2 Å². The summed E-state index contributed by atoms with van der Waals surface area (Å²) in [5.74, 6) is 2.01. The number of carbonyl (C=O) groups excluding carboxylic acids is 1. The van der Waals surface area contributed by atoms with E-state index in [2.05, 4.69) is 20.9 Å². The highest BCUT2D eigenvalue weighted by Crippen LogP contribution is 2.27. The Labute approximate surface area is 189 Å². The molecule has 3 N–H and O–H groups in total. The zero-order chi connectivity index (χ0) is 20.4. The second-order valence-corrected chi connectivity index (χ2v) is 6.03. The first-order valence-electron chi connectivity index (χ1n) is 9.13. The van der Waals surface area contributed by atoms with Gasteiger partial charge in [0.2, 0.25) is 0 Å². The maximum Gasteiger partial charge on any atom is 0.251 e. The van der Waals surface area contributed by atoms with E-state index < -0.39 is 0 Å². The van der Waals surface area contributed by atoms with Gasteiger partial charge in [-0.05, 0) is 42.3 Å². The van der Waals surface area contributed by atoms with E-state index in [4.69, 9.17) is 9.47 Å². The van der Waals surface area contributed by atoms with E-state index in [-0.39, 0.29) is 29.9 Å². The fraction of sp³-hybridized carbons (Fsp3) is 0.333. The lowest BCUT2D eigenvalue weighted by Gasteiger charge is -2.14. The van der Waals surface area contributed by atoms with Gasteiger partial charge in [-0.15, -0.1) is 24.0 Å². The molecule has 0 aliphatic heterocycles. The average Bonchev–Trinajstić information content (AvgIpc) is 2.74. The largest absolute Gasteiger partial charge is 0.493 e. The Morgan fingerprint density at radius 1 is 0.897 bits per heavy atom. The van der Waals surface area contributed by atoms with E-state index in [9.17, 15) is 4.79 Å². The third-order valence-corrected chi connectivity index (χ3v) is 4.14. The normalized spacial score (nSPS) is 10.6. The van der Waals surface area contributed by atoms with Crippen molar-refractivity contribution in [1.82, 2.24) is 16.0 Å². The van der Waals surface area contributed by atoms with Crippen molar-refractivity contribution in [3.05, 3.63) is 59.2 Å². The van der Waals surface area contributed by atoms with Gasteiger partial charge >= 0.3 is 0 Å². The Morgan fingerprint density at radius 2 is 1.48 bits per heavy atom. The SMILES string of the molecule is CCNC(=O)c1ccc(CNC(=NC)NCc2ccc(OC)c(OC)c2)cc1.I. The molecule has 0 bridgehead atoms. The number of nitrogens with zero attached hydrogens (tertiary/aromatic N) is 1. The van der Waals surface area contributed by atoms with Crippen molar-refractivity contribution in [2.75, 3.05) is 27.8 Å². The van der Waals surface area contributed by atoms with Gasteiger partial charge in [-0.2, -0.15) is 0 Å². The molecular formula is C21H29IN4O3. The standard InChI is InChI=1S/C21H28N4O3.HI/c1-5-23-20(26)17-9-6-15(7-10-17)13-24-21(22-2)25-14-16-8-11-18(27-3)19(12-16)28-4;/h6-12H,5,13-14H2,1-4H3,(H,23,26)(H2,22,24,25);1H. The lowest BCUT2D eigenvalue weighted by Crippen LogP contribution is -2.36. The van der Waals surface area contributed by atoms with Crippen LogP contribution in [-0.2, 0) is 13.1 Å². The number of guanidine groups is 1. The first-order chi connectivity index (χ1) is 13.6. The van der Waals surface area contributed by atoms with Crippen LogP contribution in [0.4, 0.5) is 0 Å². The zero-order valence-corrected chi connectivity index (χ0v) is 19.6. The predicted molar refractivity (Wildman–Crippen MR) is 126 cm³/mol. The van der Waals surface area contributed by atoms with Crippen LogP contribution in [0.5, 0.6) is 11.5 Å². The van der Waals surface area contributed by atoms with E-state index >= 15 is 0 Å². The first kappa shape index (κ1) is 24.5. The van der Waals surface area contributed by atoms with Gasteiger partial charge in [0.25, 0.3) is 5.91 Å². The van der Waals surface area contributed by atoms with E-state index in [1.165, 1.54) is 0 Å². The molecule has 0 spiro atoms. The number of benzene rings is 2. The molecule has 0 aliphatic carbocycles. The summed E-state index contributed by atoms with van der Waals surface area (Å²) in [6, 6.07) is 13.3. The minimum absolute atomic E-state index is 0. The van der Waals surface area contributed by atoms with Crippen LogP contribution in [0.15, 0.2) is 47.5 Å². The minimum Gasteiger partial charge on any atom is -0.493 e. The summed E-state index contributed by atoms with van der Waals surface area (Å²) in [4.78, 5) is 16.0. The smallest absolute Gasteiger partial charge is 0.251 e. The Bertz CT molecular complexity index is 810. The zero-order valence-electron chi connectivity index (χ0n) is 17.2. The van der Waals surface area contributed by atoms with Crippen molar-refractivity contribution in [3.63, 3.8) is 0 Å². The second kappa shape index (κ2) is 12.9. The highest BCUT2D eigenvalue weighted by molar-refractivity contribution is 14.0. The predicted octanol–water partition coefficient (Wildman–Crippen LogP) is 2.94. The molecule has 0 heterocycles. The fourth-order valence-electron chi connectivity index (χ4n) is 2.62. The Hall–Kier alpha value is -2.49. The van der Waals surface area contributed by atoms with Gasteiger partial charge in [0.15, 0.2) is 17.5 Å². The molecule has 2 rings (SSSR count). The van der Waals surface area contributed by atoms with Crippen LogP contribution in [0.3, 0.4) is 0 Å². The molecule has 2 aromatic rings. The van der Waals surface area contributed by atoms with Crippen LogP contribution in [-0.4, -0.2) is 39.7 Å². The quantitative estimate of drug-likeness (QED) is 0.288. The second-order valence-electron chi connectivity index (χ2n) is 6.03. The van der Waals surface area contributed by atoms with Crippen LogP contribution < -0.4 is 25.4 Å². The van der Waals surface area contributed by atoms with Crippen LogP contribution in [0.25, 0.3) is 0 Å². The number of aliphatic imine (C=N–C) groups is 1. The van der Waals surface area contributed by atoms with Crippen molar-refractivity contribution in [1.29, 1.82) is 0 Å². The number of carbonyl (C=O) groups is 1. The van der Waals surface area contributed by atoms with Crippen molar-refractivity contribution < 1.29 is 14.3 Å². The third-order valence-electron chi connectivity index (χ3n) is 4.14. The molecule has 1 amide bonds. The summed E-state index contributed by atoms with van der Waals surface area (Å²) in [5, 5.41) is 9.32. The molecule has 0 radical (unpaired) electrons. The maximum absolute atomic E-state index is 11.8. The number of hydrogen-bond donors (Lipinski definition) is 3. The highest BCUT2D eigenvalue weighted by Gasteiger charge is 2.06. The van der Waals surface area contributed by atoms with Gasteiger partial charge in [0, 0.05) is 32.2 Å². The van der Waals surface area contributed by atoms with E-state index in [0.717, 1.165) is 11.1 Å². The topological polar surface area (TPSA) is 84.0 Å². The van der Waals surface area contributed by atoms with Crippen molar-refractivity contribution in [2.45, 2.75) is 20.0 Å². The van der Waals surface area contributed by atoms with Crippen LogP contribution in [0.1, 0.15) is 28.4 Å². The molecule has 0 saturated carbocycles. The van der Waals surface area contributed by atoms with Crippen molar-refractivity contribution in [3.8, 4) is 11.5 Å². The Balaban J connectivity index is 0.00000420. The van der Waals surface area contributed by atoms with Crippen molar-refractivity contribution >= 4 is 35.8 Å². The van der Waals surface area contributed by atoms with Gasteiger partial charge in [-0.3, -0.25) is 9.79 Å². The van der Waals surface area contributed by atoms with Crippen LogP contribution in [0.2, 0.25) is 0 Å². The lowest BCUT2D eigenvalue weighted by molar-refractivity contribution is 0.0956. The van der Waals surface area contributed by atoms with Crippen molar-refractivity contribution in [2.24, 2.45) is 4.99 Å². The summed E-state index contributed by atoms with van der Waals surface area (Å²) in [6.07, 6.45) is 0. The molecule has 0 aromatic heterocycles. The monoisotopic (exact) mass is 512 g/mol. The Kier molecular flexibility index (Phi) is 10.9. The number of ether oxygens (including phenoxy) is 2. The fourth-order valence-corrected chi connectivity index (χ4v) is 2.62. The van der Waals surface area contributed by atoms with Gasteiger partial charge < -0.3 is 25.4 Å². The van der Waals surface area contributed by atoms with Gasteiger partial charge in [-0.25, -0.2) is 0 Å². The number of rotatable bonds is 8. The number of halogens is 1. The Morgan fingerprint density at radius 3 is 2.03 bits per heavy atom. The molecule has 0 saturated heterocycles. The van der Waals surface area contributed by atoms with Crippen LogP contribution >= 0.6 is 24.0 Å². The number of hydrogen-bond acceptors (Lipinski definition) is 4. The molecule has 0 aliphatic rings. The minimum atomic E-state index is -0.0607. The van der Waals surface area contributed by atoms with E-state index in [0.29, 0.717) is 42.7 Å². The molecule has 29 heavy (non-hydrogen) atoms. The highest BCUT2D eigenvalue weighted by atomic mass is 127. The summed E-state index contributed by atoms with van der Waals surface area (Å²) in [5.41, 5.74) is 2.76.